The maximum Gasteiger partial charge on any atom is 0.119 e. The van der Waals surface area contributed by atoms with E-state index < -0.39 is 12.2 Å². The van der Waals surface area contributed by atoms with Crippen LogP contribution in [-0.2, 0) is 6.42 Å². The van der Waals surface area contributed by atoms with Crippen LogP contribution in [0.3, 0.4) is 0 Å². The molecule has 0 saturated carbocycles. The van der Waals surface area contributed by atoms with Crippen molar-refractivity contribution in [3.63, 3.8) is 0 Å². The molecule has 0 aliphatic heterocycles. The van der Waals surface area contributed by atoms with Gasteiger partial charge in [0.05, 0.1) is 18.8 Å². The third-order valence-corrected chi connectivity index (χ3v) is 3.69. The normalized spacial score (nSPS) is 14.1. The second-order valence-electron chi connectivity index (χ2n) is 5.47. The summed E-state index contributed by atoms with van der Waals surface area (Å²) >= 11 is 0. The summed E-state index contributed by atoms with van der Waals surface area (Å²) in [6, 6.07) is 4.11. The Morgan fingerprint density at radius 1 is 1.05 bits per heavy atom. The van der Waals surface area contributed by atoms with Crippen molar-refractivity contribution in [3.8, 4) is 5.75 Å². The number of rotatable bonds is 8. The van der Waals surface area contributed by atoms with Crippen molar-refractivity contribution in [2.24, 2.45) is 0 Å². The molecule has 3 nitrogen and oxygen atoms in total. The molecule has 20 heavy (non-hydrogen) atoms. The summed E-state index contributed by atoms with van der Waals surface area (Å²) in [5.74, 6) is 0.916. The molecule has 0 aliphatic rings. The van der Waals surface area contributed by atoms with Crippen molar-refractivity contribution in [1.82, 2.24) is 0 Å². The van der Waals surface area contributed by atoms with Crippen LogP contribution in [0.5, 0.6) is 5.75 Å². The standard InChI is InChI=1S/C17H28O3/c1-5-9-20-14-10-12(3)15(13(4)11-14)7-8-17(19)16(18)6-2/h10-11,16-19H,5-9H2,1-4H3. The Morgan fingerprint density at radius 3 is 2.15 bits per heavy atom. The first kappa shape index (κ1) is 17.0. The minimum absolute atomic E-state index is 0.586. The maximum absolute atomic E-state index is 9.86. The number of hydrogen-bond acceptors (Lipinski definition) is 3. The largest absolute Gasteiger partial charge is 0.494 e. The van der Waals surface area contributed by atoms with Crippen LogP contribution in [0.4, 0.5) is 0 Å². The smallest absolute Gasteiger partial charge is 0.119 e. The molecule has 3 heteroatoms. The van der Waals surface area contributed by atoms with E-state index in [-0.39, 0.29) is 0 Å². The second kappa shape index (κ2) is 8.28. The first-order chi connectivity index (χ1) is 9.49. The highest BCUT2D eigenvalue weighted by Gasteiger charge is 2.15. The van der Waals surface area contributed by atoms with E-state index in [0.717, 1.165) is 25.2 Å². The topological polar surface area (TPSA) is 49.7 Å². The van der Waals surface area contributed by atoms with Crippen LogP contribution in [0.25, 0.3) is 0 Å². The fourth-order valence-corrected chi connectivity index (χ4v) is 2.41. The van der Waals surface area contributed by atoms with Crippen LogP contribution in [0, 0.1) is 13.8 Å². The van der Waals surface area contributed by atoms with Gasteiger partial charge in [-0.05, 0) is 68.4 Å². The van der Waals surface area contributed by atoms with Gasteiger partial charge in [0, 0.05) is 0 Å². The second-order valence-corrected chi connectivity index (χ2v) is 5.47. The Kier molecular flexibility index (Phi) is 7.03. The fourth-order valence-electron chi connectivity index (χ4n) is 2.41. The third kappa shape index (κ3) is 4.80. The fraction of sp³-hybridized carbons (Fsp3) is 0.647. The molecule has 0 fully saturated rings. The highest BCUT2D eigenvalue weighted by molar-refractivity contribution is 5.41. The maximum atomic E-state index is 9.86. The SMILES string of the molecule is CCCOc1cc(C)c(CCC(O)C(O)CC)c(C)c1. The molecule has 0 radical (unpaired) electrons. The number of aryl methyl sites for hydroxylation is 2. The molecule has 0 aromatic heterocycles. The minimum atomic E-state index is -0.644. The summed E-state index contributed by atoms with van der Waals surface area (Å²) in [7, 11) is 0. The molecule has 1 aromatic rings. The Labute approximate surface area is 122 Å². The van der Waals surface area contributed by atoms with E-state index in [1.165, 1.54) is 16.7 Å². The van der Waals surface area contributed by atoms with E-state index in [0.29, 0.717) is 12.8 Å². The van der Waals surface area contributed by atoms with Crippen LogP contribution < -0.4 is 4.74 Å². The van der Waals surface area contributed by atoms with Gasteiger partial charge in [0.2, 0.25) is 0 Å². The zero-order chi connectivity index (χ0) is 15.1. The lowest BCUT2D eigenvalue weighted by Gasteiger charge is -2.18. The summed E-state index contributed by atoms with van der Waals surface area (Å²) in [4.78, 5) is 0. The van der Waals surface area contributed by atoms with Crippen LogP contribution in [0.2, 0.25) is 0 Å². The lowest BCUT2D eigenvalue weighted by molar-refractivity contribution is 0.0130. The number of hydrogen-bond donors (Lipinski definition) is 2. The predicted octanol–water partition coefficient (Wildman–Crippen LogP) is 3.16. The first-order valence-electron chi connectivity index (χ1n) is 7.58. The average Bonchev–Trinajstić information content (AvgIpc) is 2.42. The molecular formula is C17H28O3. The van der Waals surface area contributed by atoms with Gasteiger partial charge < -0.3 is 14.9 Å². The zero-order valence-corrected chi connectivity index (χ0v) is 13.1. The third-order valence-electron chi connectivity index (χ3n) is 3.69. The average molecular weight is 280 g/mol. The van der Waals surface area contributed by atoms with Crippen molar-refractivity contribution in [2.75, 3.05) is 6.61 Å². The van der Waals surface area contributed by atoms with Gasteiger partial charge in [-0.1, -0.05) is 13.8 Å². The molecule has 114 valence electrons. The van der Waals surface area contributed by atoms with Crippen LogP contribution in [-0.4, -0.2) is 29.0 Å². The monoisotopic (exact) mass is 280 g/mol. The summed E-state index contributed by atoms with van der Waals surface area (Å²) in [5.41, 5.74) is 3.62. The Morgan fingerprint density at radius 2 is 1.65 bits per heavy atom. The minimum Gasteiger partial charge on any atom is -0.494 e. The van der Waals surface area contributed by atoms with Gasteiger partial charge >= 0.3 is 0 Å². The molecule has 2 atom stereocenters. The van der Waals surface area contributed by atoms with Gasteiger partial charge in [0.1, 0.15) is 5.75 Å². The Hall–Kier alpha value is -1.06. The molecule has 0 saturated heterocycles. The lowest BCUT2D eigenvalue weighted by atomic mass is 9.95. The van der Waals surface area contributed by atoms with Crippen molar-refractivity contribution in [2.45, 2.75) is 65.6 Å². The Bertz CT molecular complexity index is 392. The van der Waals surface area contributed by atoms with Gasteiger partial charge in [0.25, 0.3) is 0 Å². The number of benzene rings is 1. The predicted molar refractivity (Wildman–Crippen MR) is 82.3 cm³/mol. The highest BCUT2D eigenvalue weighted by atomic mass is 16.5. The molecule has 2 N–H and O–H groups in total. The van der Waals surface area contributed by atoms with Crippen LogP contribution in [0.1, 0.15) is 49.8 Å². The number of aliphatic hydroxyl groups is 2. The molecule has 0 bridgehead atoms. The molecule has 0 aliphatic carbocycles. The van der Waals surface area contributed by atoms with Crippen molar-refractivity contribution < 1.29 is 14.9 Å². The van der Waals surface area contributed by atoms with Gasteiger partial charge in [-0.25, -0.2) is 0 Å². The summed E-state index contributed by atoms with van der Waals surface area (Å²) in [6.07, 6.45) is 1.69. The number of aliphatic hydroxyl groups excluding tert-OH is 2. The van der Waals surface area contributed by atoms with E-state index in [4.69, 9.17) is 4.74 Å². The molecule has 0 heterocycles. The van der Waals surface area contributed by atoms with E-state index >= 15 is 0 Å². The lowest BCUT2D eigenvalue weighted by Crippen LogP contribution is -2.25. The van der Waals surface area contributed by atoms with Crippen LogP contribution >= 0.6 is 0 Å². The summed E-state index contributed by atoms with van der Waals surface area (Å²) < 4.78 is 5.66. The van der Waals surface area contributed by atoms with Gasteiger partial charge in [-0.2, -0.15) is 0 Å². The molecular weight excluding hydrogens is 252 g/mol. The number of ether oxygens (including phenoxy) is 1. The van der Waals surface area contributed by atoms with E-state index in [9.17, 15) is 10.2 Å². The quantitative estimate of drug-likeness (QED) is 0.769. The molecule has 1 aromatic carbocycles. The van der Waals surface area contributed by atoms with Crippen molar-refractivity contribution in [1.29, 1.82) is 0 Å². The van der Waals surface area contributed by atoms with E-state index in [2.05, 4.69) is 32.9 Å². The summed E-state index contributed by atoms with van der Waals surface area (Å²) in [5, 5.41) is 19.5. The highest BCUT2D eigenvalue weighted by Crippen LogP contribution is 2.24. The van der Waals surface area contributed by atoms with E-state index in [1.54, 1.807) is 0 Å². The van der Waals surface area contributed by atoms with Gasteiger partial charge in [-0.15, -0.1) is 0 Å². The molecule has 0 spiro atoms. The molecule has 2 unspecified atom stereocenters. The Balaban J connectivity index is 2.71. The zero-order valence-electron chi connectivity index (χ0n) is 13.1. The summed E-state index contributed by atoms with van der Waals surface area (Å²) in [6.45, 7) is 8.85. The van der Waals surface area contributed by atoms with Gasteiger partial charge in [-0.3, -0.25) is 0 Å². The van der Waals surface area contributed by atoms with Gasteiger partial charge in [0.15, 0.2) is 0 Å². The molecule has 0 amide bonds. The van der Waals surface area contributed by atoms with Crippen molar-refractivity contribution in [3.05, 3.63) is 28.8 Å². The first-order valence-corrected chi connectivity index (χ1v) is 7.58. The van der Waals surface area contributed by atoms with Crippen molar-refractivity contribution >= 4 is 0 Å². The van der Waals surface area contributed by atoms with E-state index in [1.807, 2.05) is 6.92 Å². The molecule has 1 rings (SSSR count). The van der Waals surface area contributed by atoms with Crippen LogP contribution in [0.15, 0.2) is 12.1 Å².